The summed E-state index contributed by atoms with van der Waals surface area (Å²) in [5, 5.41) is 2.49. The van der Waals surface area contributed by atoms with Crippen molar-refractivity contribution < 1.29 is 31.9 Å². The van der Waals surface area contributed by atoms with Crippen LogP contribution < -0.4 is 10.1 Å². The van der Waals surface area contributed by atoms with Gasteiger partial charge in [0.25, 0.3) is 5.91 Å². The number of sulfone groups is 1. The number of hydrogen-bond acceptors (Lipinski definition) is 6. The van der Waals surface area contributed by atoms with E-state index in [0.717, 1.165) is 6.07 Å². The maximum atomic E-state index is 12.9. The molecule has 0 aliphatic carbocycles. The first-order valence-corrected chi connectivity index (χ1v) is 8.70. The van der Waals surface area contributed by atoms with Gasteiger partial charge in [0.1, 0.15) is 11.6 Å². The van der Waals surface area contributed by atoms with E-state index in [1.807, 2.05) is 0 Å². The van der Waals surface area contributed by atoms with Gasteiger partial charge in [0.2, 0.25) is 0 Å². The second kappa shape index (κ2) is 7.40. The molecule has 0 radical (unpaired) electrons. The topological polar surface area (TPSA) is 98.8 Å². The number of ether oxygens (including phenoxy) is 2. The van der Waals surface area contributed by atoms with Gasteiger partial charge in [0.05, 0.1) is 11.5 Å². The molecule has 0 aromatic heterocycles. The molecule has 0 bridgehead atoms. The van der Waals surface area contributed by atoms with Gasteiger partial charge in [-0.2, -0.15) is 0 Å². The number of nitrogens with one attached hydrogen (secondary N) is 1. The van der Waals surface area contributed by atoms with Crippen molar-refractivity contribution in [2.24, 2.45) is 0 Å². The van der Waals surface area contributed by atoms with E-state index in [1.54, 1.807) is 0 Å². The maximum absolute atomic E-state index is 12.9. The smallest absolute Gasteiger partial charge is 0.344 e. The molecular formula is C14H16FNO6S. The molecule has 1 amide bonds. The highest BCUT2D eigenvalue weighted by Gasteiger charge is 2.29. The van der Waals surface area contributed by atoms with Crippen LogP contribution >= 0.6 is 0 Å². The van der Waals surface area contributed by atoms with Crippen LogP contribution in [-0.4, -0.2) is 51.1 Å². The maximum Gasteiger partial charge on any atom is 0.344 e. The average Bonchev–Trinajstić information content (AvgIpc) is 2.82. The number of esters is 1. The summed E-state index contributed by atoms with van der Waals surface area (Å²) in [6.07, 6.45) is 0.352. The summed E-state index contributed by atoms with van der Waals surface area (Å²) in [6.45, 7) is -0.990. The van der Waals surface area contributed by atoms with Crippen molar-refractivity contribution in [2.75, 3.05) is 24.7 Å². The van der Waals surface area contributed by atoms with E-state index in [0.29, 0.717) is 6.42 Å². The van der Waals surface area contributed by atoms with Crippen molar-refractivity contribution in [3.8, 4) is 5.75 Å². The molecule has 1 aliphatic heterocycles. The second-order valence-corrected chi connectivity index (χ2v) is 7.30. The number of hydrogen-bond donors (Lipinski definition) is 1. The van der Waals surface area contributed by atoms with Gasteiger partial charge in [-0.05, 0) is 18.6 Å². The second-order valence-electron chi connectivity index (χ2n) is 5.07. The highest BCUT2D eigenvalue weighted by atomic mass is 32.2. The van der Waals surface area contributed by atoms with E-state index in [4.69, 9.17) is 9.47 Å². The van der Waals surface area contributed by atoms with Gasteiger partial charge in [-0.15, -0.1) is 0 Å². The summed E-state index contributed by atoms with van der Waals surface area (Å²) in [7, 11) is -3.09. The van der Waals surface area contributed by atoms with Gasteiger partial charge in [0, 0.05) is 12.1 Å². The summed E-state index contributed by atoms with van der Waals surface area (Å²) in [5.74, 6) is -1.76. The van der Waals surface area contributed by atoms with Crippen LogP contribution in [0.1, 0.15) is 6.42 Å². The van der Waals surface area contributed by atoms with Crippen LogP contribution in [0, 0.1) is 5.82 Å². The zero-order valence-corrected chi connectivity index (χ0v) is 13.0. The first kappa shape index (κ1) is 17.2. The molecule has 2 rings (SSSR count). The Bertz CT molecular complexity index is 690. The molecule has 23 heavy (non-hydrogen) atoms. The molecular weight excluding hydrogens is 329 g/mol. The Morgan fingerprint density at radius 1 is 1.30 bits per heavy atom. The Labute approximate surface area is 132 Å². The summed E-state index contributed by atoms with van der Waals surface area (Å²) >= 11 is 0. The van der Waals surface area contributed by atoms with E-state index in [-0.39, 0.29) is 17.3 Å². The van der Waals surface area contributed by atoms with E-state index in [2.05, 4.69) is 5.32 Å². The summed E-state index contributed by atoms with van der Waals surface area (Å²) in [5.41, 5.74) is 0. The third kappa shape index (κ3) is 5.85. The number of carbonyl (C=O) groups excluding carboxylic acids is 2. The van der Waals surface area contributed by atoms with Crippen molar-refractivity contribution in [1.82, 2.24) is 5.32 Å². The van der Waals surface area contributed by atoms with E-state index in [1.165, 1.54) is 18.2 Å². The first-order chi connectivity index (χ1) is 10.8. The van der Waals surface area contributed by atoms with Crippen molar-refractivity contribution in [1.29, 1.82) is 0 Å². The summed E-state index contributed by atoms with van der Waals surface area (Å²) in [6, 6.07) is 4.80. The number of amides is 1. The molecule has 1 saturated heterocycles. The SMILES string of the molecule is O=C(COC(=O)COc1cccc(F)c1)N[C@@H]1CCS(=O)(=O)C1. The Morgan fingerprint density at radius 2 is 2.09 bits per heavy atom. The Kier molecular flexibility index (Phi) is 5.54. The molecule has 1 aliphatic rings. The molecule has 1 aromatic rings. The number of benzene rings is 1. The fourth-order valence-electron chi connectivity index (χ4n) is 2.06. The van der Waals surface area contributed by atoms with Crippen molar-refractivity contribution in [2.45, 2.75) is 12.5 Å². The lowest BCUT2D eigenvalue weighted by Crippen LogP contribution is -2.38. The lowest BCUT2D eigenvalue weighted by molar-refractivity contribution is -0.150. The fourth-order valence-corrected chi connectivity index (χ4v) is 3.74. The highest BCUT2D eigenvalue weighted by Crippen LogP contribution is 2.12. The molecule has 7 nitrogen and oxygen atoms in total. The monoisotopic (exact) mass is 345 g/mol. The van der Waals surface area contributed by atoms with Crippen LogP contribution in [0.15, 0.2) is 24.3 Å². The third-order valence-corrected chi connectivity index (χ3v) is 4.88. The van der Waals surface area contributed by atoms with Crippen LogP contribution in [0.2, 0.25) is 0 Å². The Morgan fingerprint density at radius 3 is 2.74 bits per heavy atom. The third-order valence-electron chi connectivity index (χ3n) is 3.11. The zero-order chi connectivity index (χ0) is 16.9. The van der Waals surface area contributed by atoms with Crippen LogP contribution in [0.5, 0.6) is 5.75 Å². The number of halogens is 1. The Balaban J connectivity index is 1.67. The van der Waals surface area contributed by atoms with E-state index in [9.17, 15) is 22.4 Å². The average molecular weight is 345 g/mol. The minimum absolute atomic E-state index is 0.0409. The van der Waals surface area contributed by atoms with Crippen molar-refractivity contribution in [3.05, 3.63) is 30.1 Å². The molecule has 1 heterocycles. The first-order valence-electron chi connectivity index (χ1n) is 6.88. The predicted molar refractivity (Wildman–Crippen MR) is 78.1 cm³/mol. The lowest BCUT2D eigenvalue weighted by atomic mass is 10.2. The molecule has 126 valence electrons. The van der Waals surface area contributed by atoms with E-state index < -0.39 is 46.8 Å². The molecule has 1 aromatic carbocycles. The lowest BCUT2D eigenvalue weighted by Gasteiger charge is -2.11. The minimum Gasteiger partial charge on any atom is -0.482 e. The van der Waals surface area contributed by atoms with E-state index >= 15 is 0 Å². The van der Waals surface area contributed by atoms with Crippen LogP contribution in [0.25, 0.3) is 0 Å². The van der Waals surface area contributed by atoms with Gasteiger partial charge >= 0.3 is 5.97 Å². The van der Waals surface area contributed by atoms with Gasteiger partial charge < -0.3 is 14.8 Å². The molecule has 1 N–H and O–H groups in total. The standard InChI is InChI=1S/C14H16FNO6S/c15-10-2-1-3-12(6-10)21-8-14(18)22-7-13(17)16-11-4-5-23(19,20)9-11/h1-3,6,11H,4-5,7-9H2,(H,16,17)/t11-/m1/s1. The predicted octanol–water partition coefficient (Wildman–Crippen LogP) is 0.0510. The molecule has 0 saturated carbocycles. The van der Waals surface area contributed by atoms with Gasteiger partial charge in [0.15, 0.2) is 23.1 Å². The molecule has 1 atom stereocenters. The summed E-state index contributed by atoms with van der Waals surface area (Å²) < 4.78 is 45.1. The Hall–Kier alpha value is -2.16. The van der Waals surface area contributed by atoms with Crippen molar-refractivity contribution >= 4 is 21.7 Å². The van der Waals surface area contributed by atoms with Crippen LogP contribution in [-0.2, 0) is 24.2 Å². The minimum atomic E-state index is -3.09. The molecule has 0 spiro atoms. The van der Waals surface area contributed by atoms with Gasteiger partial charge in [-0.1, -0.05) is 6.07 Å². The van der Waals surface area contributed by atoms with Crippen LogP contribution in [0.3, 0.4) is 0 Å². The molecule has 0 unspecified atom stereocenters. The van der Waals surface area contributed by atoms with Crippen LogP contribution in [0.4, 0.5) is 4.39 Å². The normalized spacial score (nSPS) is 19.1. The number of carbonyl (C=O) groups is 2. The van der Waals surface area contributed by atoms with Gasteiger partial charge in [-0.25, -0.2) is 17.6 Å². The zero-order valence-electron chi connectivity index (χ0n) is 12.2. The largest absolute Gasteiger partial charge is 0.482 e. The molecule has 9 heteroatoms. The molecule has 1 fully saturated rings. The quantitative estimate of drug-likeness (QED) is 0.732. The van der Waals surface area contributed by atoms with Gasteiger partial charge in [-0.3, -0.25) is 4.79 Å². The summed E-state index contributed by atoms with van der Waals surface area (Å²) in [4.78, 5) is 23.0. The highest BCUT2D eigenvalue weighted by molar-refractivity contribution is 7.91. The fraction of sp³-hybridized carbons (Fsp3) is 0.429. The number of rotatable bonds is 6. The van der Waals surface area contributed by atoms with Crippen molar-refractivity contribution in [3.63, 3.8) is 0 Å².